The first-order valence-electron chi connectivity index (χ1n) is 11.9. The molecule has 202 valence electrons. The number of benzene rings is 3. The minimum atomic E-state index is -1.72. The van der Waals surface area contributed by atoms with E-state index in [1.165, 1.54) is 17.0 Å². The van der Waals surface area contributed by atoms with Crippen LogP contribution in [-0.2, 0) is 11.3 Å². The Bertz CT molecular complexity index is 1770. The number of hydrogen-bond donors (Lipinski definition) is 3. The predicted octanol–water partition coefficient (Wildman–Crippen LogP) is 3.84. The number of nitrogens with zero attached hydrogens (tertiary/aromatic N) is 3. The maximum Gasteiger partial charge on any atom is 0.334 e. The van der Waals surface area contributed by atoms with Crippen molar-refractivity contribution in [1.29, 1.82) is 0 Å². The lowest BCUT2D eigenvalue weighted by Gasteiger charge is -2.11. The van der Waals surface area contributed by atoms with Gasteiger partial charge in [0.15, 0.2) is 12.7 Å². The average Bonchev–Trinajstić information content (AvgIpc) is 3.29. The first kappa shape index (κ1) is 26.6. The highest BCUT2D eigenvalue weighted by Crippen LogP contribution is 2.31. The average molecular weight is 561 g/mol. The third kappa shape index (κ3) is 5.55. The van der Waals surface area contributed by atoms with Crippen LogP contribution in [0.1, 0.15) is 20.7 Å². The molecular weight excluding hydrogens is 540 g/mol. The van der Waals surface area contributed by atoms with Crippen LogP contribution in [-0.4, -0.2) is 55.3 Å². The van der Waals surface area contributed by atoms with Crippen LogP contribution < -0.4 is 15.2 Å². The number of ether oxygens (including phenoxy) is 2. The largest absolute Gasteiger partial charge is 0.485 e. The number of fused-ring (bicyclic) bond motifs is 2. The molecule has 12 heteroatoms. The summed E-state index contributed by atoms with van der Waals surface area (Å²) in [5.41, 5.74) is 6.28. The van der Waals surface area contributed by atoms with Gasteiger partial charge in [0.1, 0.15) is 11.5 Å². The molecule has 2 heterocycles. The molecule has 0 saturated heterocycles. The number of carbonyl (C=O) groups is 3. The van der Waals surface area contributed by atoms with Crippen LogP contribution in [0.4, 0.5) is 0 Å². The second-order valence-electron chi connectivity index (χ2n) is 8.81. The lowest BCUT2D eigenvalue weighted by Crippen LogP contribution is -2.25. The van der Waals surface area contributed by atoms with Gasteiger partial charge in [-0.1, -0.05) is 17.7 Å². The van der Waals surface area contributed by atoms with E-state index in [0.717, 1.165) is 5.39 Å². The minimum Gasteiger partial charge on any atom is -0.485 e. The molecule has 1 amide bonds. The predicted molar refractivity (Wildman–Crippen MR) is 145 cm³/mol. The van der Waals surface area contributed by atoms with Crippen LogP contribution in [0.3, 0.4) is 0 Å². The van der Waals surface area contributed by atoms with Gasteiger partial charge >= 0.3 is 5.97 Å². The lowest BCUT2D eigenvalue weighted by molar-refractivity contribution is -0.147. The maximum atomic E-state index is 13.3. The van der Waals surface area contributed by atoms with E-state index in [4.69, 9.17) is 26.8 Å². The second-order valence-corrected chi connectivity index (χ2v) is 9.24. The Morgan fingerprint density at radius 3 is 2.58 bits per heavy atom. The molecule has 0 aliphatic rings. The molecule has 4 N–H and O–H groups in total. The van der Waals surface area contributed by atoms with Crippen molar-refractivity contribution in [3.63, 3.8) is 0 Å². The van der Waals surface area contributed by atoms with E-state index in [9.17, 15) is 24.6 Å². The van der Waals surface area contributed by atoms with Gasteiger partial charge in [-0.2, -0.15) is 5.10 Å². The Morgan fingerprint density at radius 1 is 1.02 bits per heavy atom. The van der Waals surface area contributed by atoms with Gasteiger partial charge in [-0.25, -0.2) is 4.79 Å². The van der Waals surface area contributed by atoms with Gasteiger partial charge in [0.05, 0.1) is 17.6 Å². The molecule has 0 fully saturated rings. The standard InChI is InChI=1S/C28H21ClN4O7/c29-17-4-3-15-10-25(20(27(30)36)9-16(15)8-17)39-14-24(35)21-12-33(13-23(34)28(37)38)22-11-18(5-6-19(21)22)40-26-2-1-7-31-32-26/h1-12,23,34H,13-14H2,(H2,30,36)(H,37,38). The number of aliphatic carboxylic acids is 1. The number of halogens is 1. The number of primary amides is 1. The number of carboxylic acid groups (broad SMARTS) is 1. The number of amides is 1. The molecule has 5 rings (SSSR count). The van der Waals surface area contributed by atoms with E-state index in [1.807, 2.05) is 0 Å². The number of aliphatic hydroxyl groups is 1. The van der Waals surface area contributed by atoms with E-state index >= 15 is 0 Å². The van der Waals surface area contributed by atoms with Crippen molar-refractivity contribution < 1.29 is 34.1 Å². The molecule has 0 aliphatic carbocycles. The van der Waals surface area contributed by atoms with Gasteiger partial charge in [0, 0.05) is 40.5 Å². The van der Waals surface area contributed by atoms with E-state index in [1.54, 1.807) is 60.7 Å². The fraction of sp³-hybridized carbons (Fsp3) is 0.107. The van der Waals surface area contributed by atoms with E-state index < -0.39 is 30.4 Å². The molecule has 3 aromatic carbocycles. The maximum absolute atomic E-state index is 13.3. The summed E-state index contributed by atoms with van der Waals surface area (Å²) in [5, 5.41) is 29.2. The SMILES string of the molecule is NC(=O)c1cc2cc(Cl)ccc2cc1OCC(=O)c1cn(CC(O)C(=O)O)c2cc(Oc3cccnn3)ccc12. The number of Topliss-reactive ketones (excluding diaryl/α,β-unsaturated/α-hetero) is 1. The number of aromatic nitrogens is 3. The molecule has 0 spiro atoms. The second kappa shape index (κ2) is 11.0. The van der Waals surface area contributed by atoms with Gasteiger partial charge in [0.2, 0.25) is 11.7 Å². The molecule has 0 saturated carbocycles. The smallest absolute Gasteiger partial charge is 0.334 e. The third-order valence-corrected chi connectivity index (χ3v) is 6.34. The Labute approximate surface area is 231 Å². The highest BCUT2D eigenvalue weighted by atomic mass is 35.5. The van der Waals surface area contributed by atoms with Crippen LogP contribution in [0.5, 0.6) is 17.4 Å². The molecule has 2 aromatic heterocycles. The topological polar surface area (TPSA) is 167 Å². The molecular formula is C28H21ClN4O7. The zero-order valence-corrected chi connectivity index (χ0v) is 21.4. The summed E-state index contributed by atoms with van der Waals surface area (Å²) in [6.07, 6.45) is 1.21. The van der Waals surface area contributed by atoms with Crippen molar-refractivity contribution in [3.05, 3.63) is 89.2 Å². The first-order chi connectivity index (χ1) is 19.2. The van der Waals surface area contributed by atoms with Crippen LogP contribution in [0.2, 0.25) is 5.02 Å². The monoisotopic (exact) mass is 560 g/mol. The zero-order chi connectivity index (χ0) is 28.4. The van der Waals surface area contributed by atoms with E-state index in [0.29, 0.717) is 27.1 Å². The molecule has 1 unspecified atom stereocenters. The van der Waals surface area contributed by atoms with Gasteiger partial charge < -0.3 is 30.0 Å². The fourth-order valence-corrected chi connectivity index (χ4v) is 4.40. The van der Waals surface area contributed by atoms with Crippen molar-refractivity contribution in [3.8, 4) is 17.4 Å². The highest BCUT2D eigenvalue weighted by molar-refractivity contribution is 6.31. The molecule has 0 aliphatic heterocycles. The number of aliphatic hydroxyl groups excluding tert-OH is 1. The van der Waals surface area contributed by atoms with Crippen LogP contribution in [0, 0.1) is 0 Å². The number of hydrogen-bond acceptors (Lipinski definition) is 8. The lowest BCUT2D eigenvalue weighted by atomic mass is 10.1. The van der Waals surface area contributed by atoms with Crippen molar-refractivity contribution in [1.82, 2.24) is 14.8 Å². The van der Waals surface area contributed by atoms with Gasteiger partial charge in [-0.15, -0.1) is 5.10 Å². The minimum absolute atomic E-state index is 0.0837. The van der Waals surface area contributed by atoms with Crippen LogP contribution in [0.25, 0.3) is 21.7 Å². The Hall–Kier alpha value is -5.00. The fourth-order valence-electron chi connectivity index (χ4n) is 4.22. The van der Waals surface area contributed by atoms with Gasteiger partial charge in [-0.3, -0.25) is 9.59 Å². The summed E-state index contributed by atoms with van der Waals surface area (Å²) >= 11 is 6.05. The van der Waals surface area contributed by atoms with E-state index in [2.05, 4.69) is 10.2 Å². The number of carbonyl (C=O) groups excluding carboxylic acids is 2. The van der Waals surface area contributed by atoms with Crippen molar-refractivity contribution in [2.75, 3.05) is 6.61 Å². The van der Waals surface area contributed by atoms with Gasteiger partial charge in [0.25, 0.3) is 5.91 Å². The van der Waals surface area contributed by atoms with Crippen LogP contribution in [0.15, 0.2) is 73.1 Å². The summed E-state index contributed by atoms with van der Waals surface area (Å²) in [6.45, 7) is -0.772. The molecule has 5 aromatic rings. The molecule has 40 heavy (non-hydrogen) atoms. The number of carboxylic acids is 1. The quantitative estimate of drug-likeness (QED) is 0.215. The molecule has 0 bridgehead atoms. The number of ketones is 1. The summed E-state index contributed by atoms with van der Waals surface area (Å²) < 4.78 is 12.9. The Morgan fingerprint density at radius 2 is 1.85 bits per heavy atom. The van der Waals surface area contributed by atoms with Gasteiger partial charge in [-0.05, 0) is 53.2 Å². The first-order valence-corrected chi connectivity index (χ1v) is 12.3. The Balaban J connectivity index is 1.47. The molecule has 0 radical (unpaired) electrons. The van der Waals surface area contributed by atoms with Crippen molar-refractivity contribution in [2.45, 2.75) is 12.6 Å². The zero-order valence-electron chi connectivity index (χ0n) is 20.7. The van der Waals surface area contributed by atoms with E-state index in [-0.39, 0.29) is 29.3 Å². The van der Waals surface area contributed by atoms with Crippen molar-refractivity contribution in [2.24, 2.45) is 5.73 Å². The number of rotatable bonds is 10. The summed E-state index contributed by atoms with van der Waals surface area (Å²) in [6, 6.07) is 16.4. The summed E-state index contributed by atoms with van der Waals surface area (Å²) in [5.74, 6) is -1.89. The normalized spacial score (nSPS) is 11.8. The highest BCUT2D eigenvalue weighted by Gasteiger charge is 2.21. The van der Waals surface area contributed by atoms with Crippen LogP contribution >= 0.6 is 11.6 Å². The third-order valence-electron chi connectivity index (χ3n) is 6.10. The number of nitrogens with two attached hydrogens (primary N) is 1. The van der Waals surface area contributed by atoms with Crippen molar-refractivity contribution >= 4 is 50.9 Å². The molecule has 1 atom stereocenters. The summed E-state index contributed by atoms with van der Waals surface area (Å²) in [7, 11) is 0. The Kier molecular flexibility index (Phi) is 7.32. The summed E-state index contributed by atoms with van der Waals surface area (Å²) in [4.78, 5) is 36.7. The molecule has 11 nitrogen and oxygen atoms in total.